The molecule has 0 N–H and O–H groups in total. The van der Waals surface area contributed by atoms with E-state index in [1.807, 2.05) is 60.7 Å². The smallest absolute Gasteiger partial charge is 0.346 e. The minimum absolute atomic E-state index is 0.555. The van der Waals surface area contributed by atoms with E-state index in [2.05, 4.69) is 4.99 Å². The zero-order valence-corrected chi connectivity index (χ0v) is 13.4. The first-order valence-corrected chi connectivity index (χ1v) is 7.52. The van der Waals surface area contributed by atoms with E-state index in [1.165, 1.54) is 14.2 Å². The number of methoxy groups -OCH3 is 2. The van der Waals surface area contributed by atoms with Gasteiger partial charge in [-0.2, -0.15) is 0 Å². The average molecular weight is 323 g/mol. The summed E-state index contributed by atoms with van der Waals surface area (Å²) in [5.41, 5.74) is 0.630. The van der Waals surface area contributed by atoms with Crippen LogP contribution in [-0.4, -0.2) is 37.4 Å². The van der Waals surface area contributed by atoms with Gasteiger partial charge in [-0.15, -0.1) is 0 Å². The van der Waals surface area contributed by atoms with Crippen molar-refractivity contribution in [2.24, 2.45) is 4.99 Å². The van der Waals surface area contributed by atoms with Gasteiger partial charge in [-0.3, -0.25) is 4.99 Å². The van der Waals surface area contributed by atoms with E-state index in [4.69, 9.17) is 9.47 Å². The Labute approximate surface area is 139 Å². The molecule has 0 bridgehead atoms. The van der Waals surface area contributed by atoms with Crippen molar-refractivity contribution in [1.29, 1.82) is 0 Å². The average Bonchev–Trinajstić information content (AvgIpc) is 2.62. The van der Waals surface area contributed by atoms with Crippen LogP contribution < -0.4 is 0 Å². The van der Waals surface area contributed by atoms with Crippen molar-refractivity contribution in [2.75, 3.05) is 14.2 Å². The minimum atomic E-state index is -1.70. The van der Waals surface area contributed by atoms with Crippen LogP contribution in [0, 0.1) is 0 Å². The summed E-state index contributed by atoms with van der Waals surface area (Å²) in [6, 6.07) is 18.8. The number of benzene rings is 2. The number of carbonyl (C=O) groups excluding carboxylic acids is 2. The highest BCUT2D eigenvalue weighted by Gasteiger charge is 2.63. The summed E-state index contributed by atoms with van der Waals surface area (Å²) >= 11 is 0. The van der Waals surface area contributed by atoms with Crippen LogP contribution in [0.25, 0.3) is 0 Å². The van der Waals surface area contributed by atoms with Crippen LogP contribution in [0.1, 0.15) is 17.0 Å². The summed E-state index contributed by atoms with van der Waals surface area (Å²) in [6.07, 6.45) is 0. The van der Waals surface area contributed by atoms with E-state index < -0.39 is 23.4 Å². The van der Waals surface area contributed by atoms with Gasteiger partial charge < -0.3 is 9.47 Å². The van der Waals surface area contributed by atoms with E-state index in [0.717, 1.165) is 11.1 Å². The van der Waals surface area contributed by atoms with Gasteiger partial charge in [0.1, 0.15) is 0 Å². The largest absolute Gasteiger partial charge is 0.467 e. The van der Waals surface area contributed by atoms with Gasteiger partial charge in [-0.05, 0) is 11.1 Å². The third-order valence-corrected chi connectivity index (χ3v) is 4.18. The summed E-state index contributed by atoms with van der Waals surface area (Å²) in [4.78, 5) is 29.3. The molecular formula is C19H17NO4. The topological polar surface area (TPSA) is 65.0 Å². The molecule has 1 unspecified atom stereocenters. The molecule has 1 atom stereocenters. The SMILES string of the molecule is COC(=O)C1(C(=O)OC)N=C(c2ccccc2)C1c1ccccc1. The Morgan fingerprint density at radius 3 is 1.88 bits per heavy atom. The highest BCUT2D eigenvalue weighted by Crippen LogP contribution is 2.45. The molecule has 5 heteroatoms. The molecule has 0 saturated carbocycles. The number of aliphatic imine (C=N–C) groups is 1. The molecule has 1 heterocycles. The second-order valence-electron chi connectivity index (χ2n) is 5.46. The molecule has 1 aliphatic rings. The van der Waals surface area contributed by atoms with Gasteiger partial charge in [0.2, 0.25) is 0 Å². The van der Waals surface area contributed by atoms with Crippen molar-refractivity contribution in [3.05, 3.63) is 71.8 Å². The molecule has 2 aromatic rings. The summed E-state index contributed by atoms with van der Waals surface area (Å²) in [7, 11) is 2.48. The van der Waals surface area contributed by atoms with Gasteiger partial charge in [-0.1, -0.05) is 60.7 Å². The monoisotopic (exact) mass is 323 g/mol. The summed E-state index contributed by atoms with van der Waals surface area (Å²) in [5.74, 6) is -1.99. The second-order valence-corrected chi connectivity index (χ2v) is 5.46. The van der Waals surface area contributed by atoms with E-state index in [0.29, 0.717) is 5.71 Å². The van der Waals surface area contributed by atoms with Crippen LogP contribution in [0.3, 0.4) is 0 Å². The second kappa shape index (κ2) is 6.28. The van der Waals surface area contributed by atoms with Crippen molar-refractivity contribution in [3.8, 4) is 0 Å². The first-order chi connectivity index (χ1) is 11.6. The summed E-state index contributed by atoms with van der Waals surface area (Å²) in [6.45, 7) is 0. The zero-order chi connectivity index (χ0) is 17.2. The molecule has 2 aromatic carbocycles. The lowest BCUT2D eigenvalue weighted by Crippen LogP contribution is -2.60. The van der Waals surface area contributed by atoms with Crippen LogP contribution in [-0.2, 0) is 19.1 Å². The Morgan fingerprint density at radius 2 is 1.38 bits per heavy atom. The standard InChI is InChI=1S/C19H17NO4/c1-23-17(21)19(18(22)24-2)15(13-9-5-3-6-10-13)16(20-19)14-11-7-4-8-12-14/h3-12,15H,1-2H3. The number of ether oxygens (including phenoxy) is 2. The summed E-state index contributed by atoms with van der Waals surface area (Å²) in [5, 5.41) is 0. The highest BCUT2D eigenvalue weighted by atomic mass is 16.5. The van der Waals surface area contributed by atoms with Crippen LogP contribution >= 0.6 is 0 Å². The minimum Gasteiger partial charge on any atom is -0.467 e. The molecule has 122 valence electrons. The predicted octanol–water partition coefficient (Wildman–Crippen LogP) is 2.36. The van der Waals surface area contributed by atoms with Crippen molar-refractivity contribution in [3.63, 3.8) is 0 Å². The number of rotatable bonds is 4. The molecule has 5 nitrogen and oxygen atoms in total. The fraction of sp³-hybridized carbons (Fsp3) is 0.211. The fourth-order valence-electron chi connectivity index (χ4n) is 3.06. The van der Waals surface area contributed by atoms with Gasteiger partial charge in [0.05, 0.1) is 25.8 Å². The Morgan fingerprint density at radius 1 is 0.875 bits per heavy atom. The fourth-order valence-corrected chi connectivity index (χ4v) is 3.06. The molecule has 0 spiro atoms. The molecule has 0 amide bonds. The maximum atomic E-state index is 12.4. The Balaban J connectivity index is 2.19. The van der Waals surface area contributed by atoms with E-state index in [9.17, 15) is 9.59 Å². The Hall–Kier alpha value is -2.95. The lowest BCUT2D eigenvalue weighted by molar-refractivity contribution is -0.162. The van der Waals surface area contributed by atoms with E-state index in [1.54, 1.807) is 0 Å². The van der Waals surface area contributed by atoms with Gasteiger partial charge in [0.15, 0.2) is 0 Å². The maximum Gasteiger partial charge on any atom is 0.346 e. The number of esters is 2. The molecule has 0 aliphatic carbocycles. The third-order valence-electron chi connectivity index (χ3n) is 4.18. The normalized spacial score (nSPS) is 18.1. The molecule has 0 radical (unpaired) electrons. The van der Waals surface area contributed by atoms with Crippen molar-refractivity contribution in [2.45, 2.75) is 11.5 Å². The number of hydrogen-bond acceptors (Lipinski definition) is 5. The Kier molecular flexibility index (Phi) is 4.16. The molecule has 3 rings (SSSR count). The number of hydrogen-bond donors (Lipinski definition) is 0. The van der Waals surface area contributed by atoms with Gasteiger partial charge >= 0.3 is 11.9 Å². The molecule has 0 fully saturated rings. The molecule has 24 heavy (non-hydrogen) atoms. The maximum absolute atomic E-state index is 12.4. The zero-order valence-electron chi connectivity index (χ0n) is 13.4. The predicted molar refractivity (Wildman–Crippen MR) is 88.9 cm³/mol. The van der Waals surface area contributed by atoms with Crippen LogP contribution in [0.2, 0.25) is 0 Å². The van der Waals surface area contributed by atoms with Crippen molar-refractivity contribution in [1.82, 2.24) is 0 Å². The van der Waals surface area contributed by atoms with Crippen molar-refractivity contribution < 1.29 is 19.1 Å². The van der Waals surface area contributed by atoms with Gasteiger partial charge in [0.25, 0.3) is 5.54 Å². The third kappa shape index (κ3) is 2.29. The lowest BCUT2D eigenvalue weighted by atomic mass is 9.69. The first kappa shape index (κ1) is 15.9. The van der Waals surface area contributed by atoms with E-state index in [-0.39, 0.29) is 0 Å². The quantitative estimate of drug-likeness (QED) is 0.640. The molecular weight excluding hydrogens is 306 g/mol. The van der Waals surface area contributed by atoms with Crippen LogP contribution in [0.15, 0.2) is 65.7 Å². The molecule has 0 aromatic heterocycles. The number of carbonyl (C=O) groups is 2. The summed E-state index contributed by atoms with van der Waals surface area (Å²) < 4.78 is 9.74. The molecule has 1 aliphatic heterocycles. The lowest BCUT2D eigenvalue weighted by Gasteiger charge is -2.42. The first-order valence-electron chi connectivity index (χ1n) is 7.52. The van der Waals surface area contributed by atoms with Gasteiger partial charge in [0, 0.05) is 0 Å². The highest BCUT2D eigenvalue weighted by molar-refractivity contribution is 6.23. The van der Waals surface area contributed by atoms with E-state index >= 15 is 0 Å². The molecule has 0 saturated heterocycles. The Bertz CT molecular complexity index is 768. The van der Waals surface area contributed by atoms with Crippen LogP contribution in [0.4, 0.5) is 0 Å². The number of nitrogens with zero attached hydrogens (tertiary/aromatic N) is 1. The van der Waals surface area contributed by atoms with Crippen LogP contribution in [0.5, 0.6) is 0 Å². The van der Waals surface area contributed by atoms with Gasteiger partial charge in [-0.25, -0.2) is 9.59 Å². The van der Waals surface area contributed by atoms with Crippen molar-refractivity contribution >= 4 is 17.7 Å².